The predicted molar refractivity (Wildman–Crippen MR) is 39.4 cm³/mol. The molecule has 0 fully saturated rings. The zero-order valence-corrected chi connectivity index (χ0v) is 5.43. The summed E-state index contributed by atoms with van der Waals surface area (Å²) < 4.78 is 0. The minimum absolute atomic E-state index is 0.204. The second-order valence-electron chi connectivity index (χ2n) is 1.40. The van der Waals surface area contributed by atoms with Crippen LogP contribution in [0.3, 0.4) is 0 Å². The van der Waals surface area contributed by atoms with Crippen LogP contribution in [0.5, 0.6) is 0 Å². The van der Waals surface area contributed by atoms with Gasteiger partial charge in [-0.2, -0.15) is 5.10 Å². The van der Waals surface area contributed by atoms with Gasteiger partial charge in [0.15, 0.2) is 0 Å². The van der Waals surface area contributed by atoms with Crippen molar-refractivity contribution in [3.05, 3.63) is 12.3 Å². The fourth-order valence-corrected chi connectivity index (χ4v) is 0.516. The van der Waals surface area contributed by atoms with E-state index in [4.69, 9.17) is 5.73 Å². The third-order valence-corrected chi connectivity index (χ3v) is 0.943. The van der Waals surface area contributed by atoms with Gasteiger partial charge in [0.05, 0.1) is 6.21 Å². The van der Waals surface area contributed by atoms with Crippen molar-refractivity contribution < 1.29 is 0 Å². The van der Waals surface area contributed by atoms with Gasteiger partial charge in [-0.3, -0.25) is 5.43 Å². The molecule has 0 saturated carbocycles. The zero-order chi connectivity index (χ0) is 6.69. The Labute approximate surface area is 58.0 Å². The van der Waals surface area contributed by atoms with Crippen LogP contribution in [-0.4, -0.2) is 16.4 Å². The summed E-state index contributed by atoms with van der Waals surface area (Å²) in [5, 5.41) is 5.28. The van der Waals surface area contributed by atoms with Crippen LogP contribution in [0.25, 0.3) is 0 Å². The number of nitrogens with one attached hydrogen (secondary N) is 1. The van der Waals surface area contributed by atoms with Gasteiger partial charge in [0, 0.05) is 6.20 Å². The van der Waals surface area contributed by atoms with Crippen molar-refractivity contribution in [3.63, 3.8) is 0 Å². The van der Waals surface area contributed by atoms with Crippen LogP contribution in [0.4, 0.5) is 0 Å². The molecule has 0 aromatic heterocycles. The van der Waals surface area contributed by atoms with Gasteiger partial charge >= 0.3 is 0 Å². The molecule has 3 N–H and O–H groups in total. The Kier molecular flexibility index (Phi) is 1.64. The van der Waals surface area contributed by atoms with E-state index in [0.717, 1.165) is 0 Å². The molecule has 0 spiro atoms. The second kappa shape index (κ2) is 2.45. The zero-order valence-electron chi connectivity index (χ0n) is 4.61. The van der Waals surface area contributed by atoms with Crippen LogP contribution in [0.15, 0.2) is 17.4 Å². The summed E-state index contributed by atoms with van der Waals surface area (Å²) in [6.45, 7) is 0. The van der Waals surface area contributed by atoms with Crippen LogP contribution >= 0.6 is 12.2 Å². The molecule has 1 rings (SSSR count). The Hall–Kier alpha value is -1.10. The number of rotatable bonds is 0. The highest BCUT2D eigenvalue weighted by Gasteiger charge is 1.99. The van der Waals surface area contributed by atoms with Gasteiger partial charge in [0.2, 0.25) is 5.11 Å². The molecule has 0 saturated heterocycles. The smallest absolute Gasteiger partial charge is 0.208 e. The van der Waals surface area contributed by atoms with Crippen molar-refractivity contribution in [3.8, 4) is 0 Å². The molecule has 0 radical (unpaired) electrons. The minimum Gasteiger partial charge on any atom is -0.373 e. The van der Waals surface area contributed by atoms with Gasteiger partial charge in [-0.05, 0) is 18.3 Å². The number of hydrogen-bond acceptors (Lipinski definition) is 3. The average molecular weight is 142 g/mol. The van der Waals surface area contributed by atoms with Crippen molar-refractivity contribution in [2.45, 2.75) is 0 Å². The highest BCUT2D eigenvalue weighted by Crippen LogP contribution is 1.86. The molecule has 4 nitrogen and oxygen atoms in total. The summed E-state index contributed by atoms with van der Waals surface area (Å²) in [5.74, 6) is 0. The van der Waals surface area contributed by atoms with E-state index in [0.29, 0.717) is 0 Å². The van der Waals surface area contributed by atoms with E-state index in [1.807, 2.05) is 0 Å². The van der Waals surface area contributed by atoms with E-state index in [9.17, 15) is 0 Å². The molecule has 0 unspecified atom stereocenters. The van der Waals surface area contributed by atoms with Gasteiger partial charge in [-0.1, -0.05) is 0 Å². The summed E-state index contributed by atoms with van der Waals surface area (Å²) in [5.41, 5.74) is 7.92. The maximum atomic E-state index is 5.21. The topological polar surface area (TPSA) is 53.6 Å². The first-order chi connectivity index (χ1) is 4.30. The normalized spacial score (nSPS) is 15.3. The molecule has 0 aromatic rings. The molecule has 1 aliphatic heterocycles. The van der Waals surface area contributed by atoms with Crippen LogP contribution in [-0.2, 0) is 0 Å². The van der Waals surface area contributed by atoms with Crippen LogP contribution < -0.4 is 11.2 Å². The summed E-state index contributed by atoms with van der Waals surface area (Å²) >= 11 is 4.61. The Balaban J connectivity index is 2.56. The van der Waals surface area contributed by atoms with Gasteiger partial charge in [0.1, 0.15) is 0 Å². The largest absolute Gasteiger partial charge is 0.373 e. The minimum atomic E-state index is 0.204. The van der Waals surface area contributed by atoms with E-state index in [-0.39, 0.29) is 5.11 Å². The van der Waals surface area contributed by atoms with Crippen LogP contribution in [0, 0.1) is 0 Å². The third-order valence-electron chi connectivity index (χ3n) is 0.770. The first-order valence-corrected chi connectivity index (χ1v) is 2.76. The molecule has 0 aromatic carbocycles. The van der Waals surface area contributed by atoms with Crippen molar-refractivity contribution in [2.24, 2.45) is 10.8 Å². The highest BCUT2D eigenvalue weighted by molar-refractivity contribution is 7.80. The second-order valence-corrected chi connectivity index (χ2v) is 1.82. The Bertz CT molecular complexity index is 173. The summed E-state index contributed by atoms with van der Waals surface area (Å²) in [6, 6.07) is 0. The monoisotopic (exact) mass is 142 g/mol. The third kappa shape index (κ3) is 1.39. The van der Waals surface area contributed by atoms with E-state index in [2.05, 4.69) is 22.7 Å². The molecule has 0 aliphatic carbocycles. The van der Waals surface area contributed by atoms with Crippen molar-refractivity contribution in [1.82, 2.24) is 10.5 Å². The average Bonchev–Trinajstić information content (AvgIpc) is 1.90. The molecular weight excluding hydrogens is 136 g/mol. The number of thiocarbonyl (C=S) groups is 1. The maximum absolute atomic E-state index is 5.21. The fourth-order valence-electron chi connectivity index (χ4n) is 0.416. The van der Waals surface area contributed by atoms with Crippen LogP contribution in [0.2, 0.25) is 0 Å². The standard InChI is InChI=1S/C4H6N4S/c5-4(9)8-6-2-1-3-7-8/h1-3,6H,(H2,5,9). The lowest BCUT2D eigenvalue weighted by Gasteiger charge is -2.16. The first-order valence-electron chi connectivity index (χ1n) is 2.35. The van der Waals surface area contributed by atoms with E-state index >= 15 is 0 Å². The molecule has 5 heteroatoms. The molecule has 1 heterocycles. The summed E-state index contributed by atoms with van der Waals surface area (Å²) in [6.07, 6.45) is 5.02. The quantitative estimate of drug-likeness (QED) is 0.450. The summed E-state index contributed by atoms with van der Waals surface area (Å²) in [4.78, 5) is 0. The van der Waals surface area contributed by atoms with Crippen molar-refractivity contribution >= 4 is 23.5 Å². The van der Waals surface area contributed by atoms with E-state index < -0.39 is 0 Å². The lowest BCUT2D eigenvalue weighted by atomic mass is 10.6. The molecular formula is C4H6N4S. The molecule has 0 amide bonds. The van der Waals surface area contributed by atoms with Gasteiger partial charge < -0.3 is 5.73 Å². The number of allylic oxidation sites excluding steroid dienone is 1. The maximum Gasteiger partial charge on any atom is 0.208 e. The lowest BCUT2D eigenvalue weighted by molar-refractivity contribution is 0.379. The lowest BCUT2D eigenvalue weighted by Crippen LogP contribution is -2.40. The molecule has 9 heavy (non-hydrogen) atoms. The van der Waals surface area contributed by atoms with Crippen LogP contribution in [0.1, 0.15) is 0 Å². The number of hydrazine groups is 1. The number of nitrogens with zero attached hydrogens (tertiary/aromatic N) is 2. The molecule has 48 valence electrons. The molecule has 0 atom stereocenters. The summed E-state index contributed by atoms with van der Waals surface area (Å²) in [7, 11) is 0. The van der Waals surface area contributed by atoms with E-state index in [1.165, 1.54) is 5.12 Å². The number of hydrazone groups is 1. The first kappa shape index (κ1) is 6.03. The van der Waals surface area contributed by atoms with Gasteiger partial charge in [-0.25, -0.2) is 0 Å². The Morgan fingerprint density at radius 2 is 2.56 bits per heavy atom. The number of hydrogen-bond donors (Lipinski definition) is 2. The number of nitrogens with two attached hydrogens (primary N) is 1. The SMILES string of the molecule is NC(=S)N1N=CC=CN1. The fraction of sp³-hybridized carbons (Fsp3) is 0. The van der Waals surface area contributed by atoms with Gasteiger partial charge in [-0.15, -0.1) is 5.12 Å². The van der Waals surface area contributed by atoms with E-state index in [1.54, 1.807) is 18.5 Å². The highest BCUT2D eigenvalue weighted by atomic mass is 32.1. The van der Waals surface area contributed by atoms with Gasteiger partial charge in [0.25, 0.3) is 0 Å². The molecule has 1 aliphatic rings. The Morgan fingerprint density at radius 3 is 2.89 bits per heavy atom. The van der Waals surface area contributed by atoms with Crippen molar-refractivity contribution in [2.75, 3.05) is 0 Å². The molecule has 0 bridgehead atoms. The Morgan fingerprint density at radius 1 is 1.78 bits per heavy atom. The van der Waals surface area contributed by atoms with Crippen molar-refractivity contribution in [1.29, 1.82) is 0 Å². The predicted octanol–water partition coefficient (Wildman–Crippen LogP) is -0.450.